The van der Waals surface area contributed by atoms with Crippen LogP contribution >= 0.6 is 0 Å². The summed E-state index contributed by atoms with van der Waals surface area (Å²) >= 11 is 0. The van der Waals surface area contributed by atoms with E-state index < -0.39 is 0 Å². The number of esters is 1. The van der Waals surface area contributed by atoms with Gasteiger partial charge in [-0.05, 0) is 37.6 Å². The Balaban J connectivity index is 2.48. The molecule has 1 rings (SSSR count). The fourth-order valence-corrected chi connectivity index (χ4v) is 2.30. The standard InChI is InChI=1S/C12H21NO2/c1-3-6-12(7-4-9-13-10-12)8-5-11(14)15-2/h3,13H,1,4-10H2,2H3. The fourth-order valence-electron chi connectivity index (χ4n) is 2.30. The second-order valence-electron chi connectivity index (χ2n) is 4.35. The van der Waals surface area contributed by atoms with Gasteiger partial charge in [0.25, 0.3) is 0 Å². The minimum absolute atomic E-state index is 0.107. The summed E-state index contributed by atoms with van der Waals surface area (Å²) in [6.07, 6.45) is 6.74. The fraction of sp³-hybridized carbons (Fsp3) is 0.750. The smallest absolute Gasteiger partial charge is 0.305 e. The lowest BCUT2D eigenvalue weighted by Gasteiger charge is -2.37. The Morgan fingerprint density at radius 1 is 1.67 bits per heavy atom. The molecule has 0 aliphatic carbocycles. The maximum absolute atomic E-state index is 11.1. The summed E-state index contributed by atoms with van der Waals surface area (Å²) in [5.74, 6) is -0.107. The van der Waals surface area contributed by atoms with E-state index in [1.807, 2.05) is 6.08 Å². The predicted octanol–water partition coefficient (Wildman–Crippen LogP) is 1.89. The number of nitrogens with one attached hydrogen (secondary N) is 1. The maximum atomic E-state index is 11.1. The molecule has 1 fully saturated rings. The number of allylic oxidation sites excluding steroid dienone is 1. The van der Waals surface area contributed by atoms with Crippen LogP contribution in [0.5, 0.6) is 0 Å². The van der Waals surface area contributed by atoms with Crippen LogP contribution in [0.1, 0.15) is 32.1 Å². The van der Waals surface area contributed by atoms with Crippen LogP contribution in [0.25, 0.3) is 0 Å². The summed E-state index contributed by atoms with van der Waals surface area (Å²) in [7, 11) is 1.45. The third kappa shape index (κ3) is 3.67. The van der Waals surface area contributed by atoms with Crippen molar-refractivity contribution in [1.29, 1.82) is 0 Å². The minimum atomic E-state index is -0.107. The van der Waals surface area contributed by atoms with Crippen LogP contribution in [0.15, 0.2) is 12.7 Å². The SMILES string of the molecule is C=CCC1(CCC(=O)OC)CCCNC1. The Morgan fingerprint density at radius 3 is 3.00 bits per heavy atom. The summed E-state index contributed by atoms with van der Waals surface area (Å²) in [5.41, 5.74) is 0.230. The second-order valence-corrected chi connectivity index (χ2v) is 4.35. The van der Waals surface area contributed by atoms with E-state index in [0.717, 1.165) is 25.9 Å². The quantitative estimate of drug-likeness (QED) is 0.557. The van der Waals surface area contributed by atoms with E-state index in [9.17, 15) is 4.79 Å². The zero-order valence-corrected chi connectivity index (χ0v) is 9.55. The molecule has 0 bridgehead atoms. The van der Waals surface area contributed by atoms with Gasteiger partial charge in [-0.15, -0.1) is 6.58 Å². The molecule has 1 atom stereocenters. The minimum Gasteiger partial charge on any atom is -0.469 e. The molecule has 0 saturated carbocycles. The highest BCUT2D eigenvalue weighted by Gasteiger charge is 2.31. The van der Waals surface area contributed by atoms with Crippen molar-refractivity contribution in [3.63, 3.8) is 0 Å². The molecular weight excluding hydrogens is 190 g/mol. The Morgan fingerprint density at radius 2 is 2.47 bits per heavy atom. The maximum Gasteiger partial charge on any atom is 0.305 e. The highest BCUT2D eigenvalue weighted by atomic mass is 16.5. The van der Waals surface area contributed by atoms with Gasteiger partial charge in [0.05, 0.1) is 7.11 Å². The van der Waals surface area contributed by atoms with Crippen molar-refractivity contribution < 1.29 is 9.53 Å². The van der Waals surface area contributed by atoms with E-state index in [-0.39, 0.29) is 11.4 Å². The molecule has 86 valence electrons. The molecule has 1 heterocycles. The number of hydrogen-bond acceptors (Lipinski definition) is 3. The van der Waals surface area contributed by atoms with Gasteiger partial charge in [0.15, 0.2) is 0 Å². The van der Waals surface area contributed by atoms with E-state index in [1.165, 1.54) is 20.0 Å². The molecule has 1 aliphatic rings. The van der Waals surface area contributed by atoms with Crippen molar-refractivity contribution >= 4 is 5.97 Å². The van der Waals surface area contributed by atoms with Crippen molar-refractivity contribution in [3.8, 4) is 0 Å². The van der Waals surface area contributed by atoms with Gasteiger partial charge in [0.1, 0.15) is 0 Å². The van der Waals surface area contributed by atoms with Crippen molar-refractivity contribution in [1.82, 2.24) is 5.32 Å². The van der Waals surface area contributed by atoms with Crippen molar-refractivity contribution in [2.75, 3.05) is 20.2 Å². The highest BCUT2D eigenvalue weighted by molar-refractivity contribution is 5.69. The molecule has 1 N–H and O–H groups in total. The highest BCUT2D eigenvalue weighted by Crippen LogP contribution is 2.35. The van der Waals surface area contributed by atoms with Gasteiger partial charge in [-0.25, -0.2) is 0 Å². The van der Waals surface area contributed by atoms with Crippen molar-refractivity contribution in [2.45, 2.75) is 32.1 Å². The Bertz CT molecular complexity index is 220. The first-order valence-electron chi connectivity index (χ1n) is 5.61. The van der Waals surface area contributed by atoms with E-state index in [0.29, 0.717) is 6.42 Å². The van der Waals surface area contributed by atoms with E-state index in [4.69, 9.17) is 0 Å². The van der Waals surface area contributed by atoms with Gasteiger partial charge in [0, 0.05) is 13.0 Å². The topological polar surface area (TPSA) is 38.3 Å². The molecule has 1 unspecified atom stereocenters. The summed E-state index contributed by atoms with van der Waals surface area (Å²) in [4.78, 5) is 11.1. The molecule has 3 heteroatoms. The number of methoxy groups -OCH3 is 1. The summed E-state index contributed by atoms with van der Waals surface area (Å²) in [6.45, 7) is 5.89. The molecule has 0 aromatic heterocycles. The van der Waals surface area contributed by atoms with E-state index in [1.54, 1.807) is 0 Å². The van der Waals surface area contributed by atoms with Gasteiger partial charge in [0.2, 0.25) is 0 Å². The molecule has 15 heavy (non-hydrogen) atoms. The molecule has 0 spiro atoms. The average molecular weight is 211 g/mol. The first-order valence-corrected chi connectivity index (χ1v) is 5.61. The van der Waals surface area contributed by atoms with Gasteiger partial charge in [-0.1, -0.05) is 6.08 Å². The van der Waals surface area contributed by atoms with Crippen molar-refractivity contribution in [3.05, 3.63) is 12.7 Å². The summed E-state index contributed by atoms with van der Waals surface area (Å²) < 4.78 is 4.68. The van der Waals surface area contributed by atoms with Crippen LogP contribution in [0.2, 0.25) is 0 Å². The second kappa shape index (κ2) is 5.91. The van der Waals surface area contributed by atoms with E-state index >= 15 is 0 Å². The lowest BCUT2D eigenvalue weighted by atomic mass is 9.74. The Kier molecular flexibility index (Phi) is 4.82. The number of carbonyl (C=O) groups excluding carboxylic acids is 1. The number of ether oxygens (including phenoxy) is 1. The molecule has 3 nitrogen and oxygen atoms in total. The first kappa shape index (κ1) is 12.2. The molecule has 0 amide bonds. The monoisotopic (exact) mass is 211 g/mol. The number of hydrogen-bond donors (Lipinski definition) is 1. The number of piperidine rings is 1. The summed E-state index contributed by atoms with van der Waals surface area (Å²) in [5, 5.41) is 3.40. The average Bonchev–Trinajstić information content (AvgIpc) is 2.28. The lowest BCUT2D eigenvalue weighted by Crippen LogP contribution is -2.40. The van der Waals surface area contributed by atoms with Crippen LogP contribution in [-0.2, 0) is 9.53 Å². The molecule has 0 aromatic carbocycles. The van der Waals surface area contributed by atoms with Gasteiger partial charge in [-0.3, -0.25) is 4.79 Å². The van der Waals surface area contributed by atoms with E-state index in [2.05, 4.69) is 16.6 Å². The molecule has 0 radical (unpaired) electrons. The lowest BCUT2D eigenvalue weighted by molar-refractivity contribution is -0.141. The Labute approximate surface area is 91.9 Å². The summed E-state index contributed by atoms with van der Waals surface area (Å²) in [6, 6.07) is 0. The van der Waals surface area contributed by atoms with Crippen molar-refractivity contribution in [2.24, 2.45) is 5.41 Å². The van der Waals surface area contributed by atoms with Crippen LogP contribution < -0.4 is 5.32 Å². The van der Waals surface area contributed by atoms with Crippen LogP contribution in [0, 0.1) is 5.41 Å². The largest absolute Gasteiger partial charge is 0.469 e. The third-order valence-corrected chi connectivity index (χ3v) is 3.23. The predicted molar refractivity (Wildman–Crippen MR) is 60.6 cm³/mol. The molecule has 1 saturated heterocycles. The van der Waals surface area contributed by atoms with Gasteiger partial charge < -0.3 is 10.1 Å². The molecular formula is C12H21NO2. The normalized spacial score (nSPS) is 25.9. The van der Waals surface area contributed by atoms with Gasteiger partial charge >= 0.3 is 5.97 Å². The molecule has 1 aliphatic heterocycles. The number of carbonyl (C=O) groups is 1. The zero-order chi connectivity index (χ0) is 11.1. The van der Waals surface area contributed by atoms with Crippen LogP contribution in [-0.4, -0.2) is 26.2 Å². The van der Waals surface area contributed by atoms with Gasteiger partial charge in [-0.2, -0.15) is 0 Å². The zero-order valence-electron chi connectivity index (χ0n) is 9.55. The first-order chi connectivity index (χ1) is 7.22. The third-order valence-electron chi connectivity index (χ3n) is 3.23. The number of rotatable bonds is 5. The molecule has 0 aromatic rings. The van der Waals surface area contributed by atoms with Crippen LogP contribution in [0.4, 0.5) is 0 Å². The van der Waals surface area contributed by atoms with Crippen LogP contribution in [0.3, 0.4) is 0 Å². The Hall–Kier alpha value is -0.830.